The lowest BCUT2D eigenvalue weighted by molar-refractivity contribution is 1.21. The van der Waals surface area contributed by atoms with E-state index in [1.807, 2.05) is 24.8 Å². The molecule has 0 radical (unpaired) electrons. The summed E-state index contributed by atoms with van der Waals surface area (Å²) in [6.07, 6.45) is 20.4. The van der Waals surface area contributed by atoms with Gasteiger partial charge in [0.1, 0.15) is 0 Å². The molecule has 0 amide bonds. The molecule has 1 aliphatic heterocycles. The van der Waals surface area contributed by atoms with Crippen molar-refractivity contribution in [2.75, 3.05) is 0 Å². The third-order valence-corrected chi connectivity index (χ3v) is 3.59. The van der Waals surface area contributed by atoms with E-state index in [9.17, 15) is 0 Å². The first-order chi connectivity index (χ1) is 10.3. The largest absolute Gasteiger partial charge is 0.269 e. The molecule has 2 heteroatoms. The molecule has 0 aromatic carbocycles. The van der Waals surface area contributed by atoms with E-state index in [0.717, 1.165) is 12.8 Å². The van der Waals surface area contributed by atoms with E-state index >= 15 is 0 Å². The predicted molar refractivity (Wildman–Crippen MR) is 89.0 cm³/mol. The Kier molecular flexibility index (Phi) is 4.06. The van der Waals surface area contributed by atoms with Gasteiger partial charge in [-0.15, -0.1) is 0 Å². The van der Waals surface area contributed by atoms with Gasteiger partial charge in [-0.2, -0.15) is 0 Å². The number of aromatic nitrogens is 1. The van der Waals surface area contributed by atoms with Crippen LogP contribution in [-0.4, -0.2) is 11.2 Å². The summed E-state index contributed by atoms with van der Waals surface area (Å²) in [4.78, 5) is 8.31. The molecule has 0 saturated carbocycles. The summed E-state index contributed by atoms with van der Waals surface area (Å²) >= 11 is 0. The van der Waals surface area contributed by atoms with Gasteiger partial charge in [-0.3, -0.25) is 9.98 Å². The number of hydrogen-bond acceptors (Lipinski definition) is 2. The second-order valence-electron chi connectivity index (χ2n) is 5.23. The maximum Gasteiger partial charge on any atom is 0.0273 e. The van der Waals surface area contributed by atoms with Crippen molar-refractivity contribution in [1.82, 2.24) is 4.98 Å². The summed E-state index contributed by atoms with van der Waals surface area (Å²) in [6, 6.07) is 4.11. The maximum atomic E-state index is 4.20. The van der Waals surface area contributed by atoms with Gasteiger partial charge in [0.15, 0.2) is 0 Å². The average Bonchev–Trinajstić information content (AvgIpc) is 2.89. The SMILES string of the molecule is CC1=CC(c2ccncc2)=CC(C2=CCC=NC=C2)=CC1. The predicted octanol–water partition coefficient (Wildman–Crippen LogP) is 4.66. The van der Waals surface area contributed by atoms with Crippen molar-refractivity contribution in [3.8, 4) is 0 Å². The van der Waals surface area contributed by atoms with Crippen LogP contribution in [0.25, 0.3) is 5.57 Å². The lowest BCUT2D eigenvalue weighted by Crippen LogP contribution is -1.87. The van der Waals surface area contributed by atoms with E-state index in [2.05, 4.69) is 59.4 Å². The van der Waals surface area contributed by atoms with Crippen molar-refractivity contribution >= 4 is 11.8 Å². The van der Waals surface area contributed by atoms with Gasteiger partial charge in [-0.25, -0.2) is 0 Å². The van der Waals surface area contributed by atoms with Crippen LogP contribution in [0.3, 0.4) is 0 Å². The summed E-state index contributed by atoms with van der Waals surface area (Å²) in [5, 5.41) is 0. The zero-order chi connectivity index (χ0) is 14.5. The lowest BCUT2D eigenvalue weighted by atomic mass is 9.99. The molecule has 1 aromatic heterocycles. The van der Waals surface area contributed by atoms with E-state index in [4.69, 9.17) is 0 Å². The summed E-state index contributed by atoms with van der Waals surface area (Å²) in [6.45, 7) is 2.18. The second kappa shape index (κ2) is 6.31. The number of hydrogen-bond donors (Lipinski definition) is 0. The minimum Gasteiger partial charge on any atom is -0.269 e. The highest BCUT2D eigenvalue weighted by Gasteiger charge is 2.08. The minimum atomic E-state index is 0.879. The summed E-state index contributed by atoms with van der Waals surface area (Å²) < 4.78 is 0. The Balaban J connectivity index is 2.01. The van der Waals surface area contributed by atoms with E-state index in [1.165, 1.54) is 27.9 Å². The first-order valence-electron chi connectivity index (χ1n) is 7.21. The number of rotatable bonds is 2. The van der Waals surface area contributed by atoms with E-state index in [-0.39, 0.29) is 0 Å². The van der Waals surface area contributed by atoms with Gasteiger partial charge in [0.2, 0.25) is 0 Å². The number of nitrogens with zero attached hydrogens (tertiary/aromatic N) is 2. The molecule has 104 valence electrons. The van der Waals surface area contributed by atoms with Crippen molar-refractivity contribution in [3.63, 3.8) is 0 Å². The van der Waals surface area contributed by atoms with Gasteiger partial charge in [0.05, 0.1) is 0 Å². The molecular formula is C19H18N2. The van der Waals surface area contributed by atoms with Crippen LogP contribution in [-0.2, 0) is 0 Å². The van der Waals surface area contributed by atoms with Crippen LogP contribution in [0.2, 0.25) is 0 Å². The normalized spacial score (nSPS) is 18.1. The molecule has 0 unspecified atom stereocenters. The monoisotopic (exact) mass is 274 g/mol. The Morgan fingerprint density at radius 1 is 0.952 bits per heavy atom. The smallest absolute Gasteiger partial charge is 0.0273 e. The summed E-state index contributed by atoms with van der Waals surface area (Å²) in [5.41, 5.74) is 6.30. The Morgan fingerprint density at radius 2 is 1.81 bits per heavy atom. The molecule has 2 aliphatic rings. The molecule has 0 fully saturated rings. The van der Waals surface area contributed by atoms with Crippen LogP contribution in [0.1, 0.15) is 25.3 Å². The van der Waals surface area contributed by atoms with E-state index in [0.29, 0.717) is 0 Å². The van der Waals surface area contributed by atoms with Gasteiger partial charge < -0.3 is 0 Å². The Bertz CT molecular complexity index is 698. The molecule has 3 rings (SSSR count). The molecule has 2 heterocycles. The van der Waals surface area contributed by atoms with Crippen molar-refractivity contribution in [2.24, 2.45) is 4.99 Å². The van der Waals surface area contributed by atoms with Crippen molar-refractivity contribution < 1.29 is 0 Å². The fraction of sp³-hybridized carbons (Fsp3) is 0.158. The number of aliphatic imine (C=N–C) groups is 1. The van der Waals surface area contributed by atoms with Crippen LogP contribution >= 0.6 is 0 Å². The fourth-order valence-corrected chi connectivity index (χ4v) is 2.48. The second-order valence-corrected chi connectivity index (χ2v) is 5.23. The lowest BCUT2D eigenvalue weighted by Gasteiger charge is -2.06. The molecule has 0 spiro atoms. The van der Waals surface area contributed by atoms with Crippen molar-refractivity contribution in [1.29, 1.82) is 0 Å². The van der Waals surface area contributed by atoms with E-state index < -0.39 is 0 Å². The minimum absolute atomic E-state index is 0.879. The first kappa shape index (κ1) is 13.5. The molecule has 21 heavy (non-hydrogen) atoms. The molecule has 0 atom stereocenters. The summed E-state index contributed by atoms with van der Waals surface area (Å²) in [5.74, 6) is 0. The van der Waals surface area contributed by atoms with Crippen LogP contribution in [0.5, 0.6) is 0 Å². The van der Waals surface area contributed by atoms with Gasteiger partial charge in [0.25, 0.3) is 0 Å². The quantitative estimate of drug-likeness (QED) is 0.770. The highest BCUT2D eigenvalue weighted by molar-refractivity contribution is 5.79. The first-order valence-corrected chi connectivity index (χ1v) is 7.21. The number of pyridine rings is 1. The van der Waals surface area contributed by atoms with Crippen molar-refractivity contribution in [3.05, 3.63) is 83.4 Å². The molecule has 1 aliphatic carbocycles. The van der Waals surface area contributed by atoms with Crippen LogP contribution < -0.4 is 0 Å². The third kappa shape index (κ3) is 3.34. The zero-order valence-electron chi connectivity index (χ0n) is 12.2. The van der Waals surface area contributed by atoms with Crippen LogP contribution in [0.15, 0.2) is 82.8 Å². The van der Waals surface area contributed by atoms with Crippen LogP contribution in [0.4, 0.5) is 0 Å². The highest BCUT2D eigenvalue weighted by atomic mass is 14.7. The Labute approximate surface area is 125 Å². The summed E-state index contributed by atoms with van der Waals surface area (Å²) in [7, 11) is 0. The standard InChI is InChI=1S/C19H18N2/c1-15-4-5-18(16-3-2-9-20-10-6-16)14-19(13-15)17-7-11-21-12-8-17/h3,5-14H,2,4H2,1H3. The average molecular weight is 274 g/mol. The third-order valence-electron chi connectivity index (χ3n) is 3.59. The van der Waals surface area contributed by atoms with Crippen molar-refractivity contribution in [2.45, 2.75) is 19.8 Å². The molecule has 0 saturated heterocycles. The van der Waals surface area contributed by atoms with Gasteiger partial charge >= 0.3 is 0 Å². The zero-order valence-corrected chi connectivity index (χ0v) is 12.2. The molecule has 1 aromatic rings. The maximum absolute atomic E-state index is 4.20. The molecule has 0 N–H and O–H groups in total. The molecule has 2 nitrogen and oxygen atoms in total. The number of allylic oxidation sites excluding steroid dienone is 9. The molecule has 0 bridgehead atoms. The van der Waals surface area contributed by atoms with E-state index in [1.54, 1.807) is 0 Å². The van der Waals surface area contributed by atoms with Crippen LogP contribution in [0, 0.1) is 0 Å². The van der Waals surface area contributed by atoms with Gasteiger partial charge in [-0.1, -0.05) is 23.8 Å². The van der Waals surface area contributed by atoms with Gasteiger partial charge in [-0.05, 0) is 59.9 Å². The highest BCUT2D eigenvalue weighted by Crippen LogP contribution is 2.28. The van der Waals surface area contributed by atoms with Gasteiger partial charge in [0, 0.05) is 31.2 Å². The fourth-order valence-electron chi connectivity index (χ4n) is 2.48. The topological polar surface area (TPSA) is 25.2 Å². The Hall–Kier alpha value is -2.48. The Morgan fingerprint density at radius 3 is 2.67 bits per heavy atom. The molecular weight excluding hydrogens is 256 g/mol.